The lowest BCUT2D eigenvalue weighted by Crippen LogP contribution is -1.83. The summed E-state index contributed by atoms with van der Waals surface area (Å²) >= 11 is 0. The number of fused-ring (bicyclic) bond motifs is 11. The first kappa shape index (κ1) is 83.1. The van der Waals surface area contributed by atoms with Gasteiger partial charge in [-0.25, -0.2) is 99.7 Å². The number of pyridine rings is 8. The van der Waals surface area contributed by atoms with Crippen molar-refractivity contribution in [2.45, 2.75) is 0 Å². The molecule has 0 bridgehead atoms. The second kappa shape index (κ2) is 48.7. The van der Waals surface area contributed by atoms with Gasteiger partial charge in [-0.15, -0.1) is 0 Å². The summed E-state index contributed by atoms with van der Waals surface area (Å²) in [5, 5.41) is 12.9. The van der Waals surface area contributed by atoms with Crippen molar-refractivity contribution < 1.29 is 0 Å². The van der Waals surface area contributed by atoms with Gasteiger partial charge in [0.1, 0.15) is 84.5 Å². The van der Waals surface area contributed by atoms with Crippen LogP contribution in [0.25, 0.3) is 121 Å². The molecule has 0 N–H and O–H groups in total. The molecule has 0 aliphatic carbocycles. The third kappa shape index (κ3) is 28.1. The van der Waals surface area contributed by atoms with Crippen LogP contribution in [0.2, 0.25) is 0 Å². The zero-order chi connectivity index (χ0) is 83.4. The molecule has 24 aromatic rings. The maximum atomic E-state index is 4.12. The molecule has 0 radical (unpaired) electrons. The second-order valence-electron chi connectivity index (χ2n) is 23.3. The van der Waals surface area contributed by atoms with Crippen molar-refractivity contribution in [3.8, 4) is 0 Å². The van der Waals surface area contributed by atoms with Gasteiger partial charge in [0.25, 0.3) is 0 Å². The Balaban J connectivity index is 0.000000121. The van der Waals surface area contributed by atoms with Crippen LogP contribution in [0.5, 0.6) is 0 Å². The number of hydrogen-bond donors (Lipinski definition) is 0. The van der Waals surface area contributed by atoms with Gasteiger partial charge in [-0.2, -0.15) is 10.2 Å². The van der Waals surface area contributed by atoms with E-state index in [0.29, 0.717) is 11.3 Å². The SMILES string of the molecule is c1cc2cncnc2cn1.c1cc2nccnc2cn1.c1cc2nccnc2cn1.c1cc2ncncc2cn1.c1ccc2nccnc2c1.c1ccc2ncncc2c1.c1ccc2nnccc2c1.c1cnc2cncnc2c1.c1cnc2nccnc2c1.c1cnc2nccnc2c1.c1cnc2ncncc2c1.c1cncnc1.c1ncncn1. The molecule has 21 aromatic heterocycles. The van der Waals surface area contributed by atoms with Crippen molar-refractivity contribution >= 4 is 121 Å². The average Bonchev–Trinajstić information content (AvgIpc) is 0.954. The lowest BCUT2D eigenvalue weighted by molar-refractivity contribution is 1.05. The standard InChI is InChI=1S/3C8H6N2.8C7H5N3.C4H4N2.C3H3N3/c1-2-4-8-7(3-1)5-9-6-10-8;1-2-4-8-7(3-1)9-5-6-10-8;1-2-4-8-7(3-1)5-6-9-10-8;1-2-8-3-6-4-9-5-10-7(1)6;1-2-8-4-7-6(1)3-9-5-10-7;2*1-2-8-5-7-6(1)9-3-4-10-7;1-2-6-7(9-3-1)4-8-5-10-6;1-2-6-4-8-5-10-7(6)9-3-1;2*1-2-6-7(9-3-1)10-5-4-8-6;1-2-5-4-6-3-1;1-4-2-6-3-5-1/h3*1-6H;8*1-5H;1-4H;1-3H. The molecular formula is C87H65N35. The van der Waals surface area contributed by atoms with Crippen LogP contribution in [0.1, 0.15) is 0 Å². The van der Waals surface area contributed by atoms with Crippen LogP contribution in [0.4, 0.5) is 0 Å². The number of rotatable bonds is 0. The van der Waals surface area contributed by atoms with Crippen LogP contribution >= 0.6 is 0 Å². The van der Waals surface area contributed by atoms with E-state index in [2.05, 4.69) is 175 Å². The van der Waals surface area contributed by atoms with Gasteiger partial charge in [-0.3, -0.25) is 64.8 Å². The Bertz CT molecular complexity index is 4940. The zero-order valence-corrected chi connectivity index (χ0v) is 64.2. The Morgan fingerprint density at radius 1 is 0.123 bits per heavy atom. The molecule has 0 amide bonds. The van der Waals surface area contributed by atoms with Crippen LogP contribution in [-0.2, 0) is 0 Å². The van der Waals surface area contributed by atoms with Crippen LogP contribution in [0, 0.1) is 0 Å². The Morgan fingerprint density at radius 2 is 0.434 bits per heavy atom. The fraction of sp³-hybridized carbons (Fsp3) is 0. The highest BCUT2D eigenvalue weighted by Gasteiger charge is 1.98. The Labute approximate surface area is 692 Å². The molecule has 0 spiro atoms. The number of aromatic nitrogens is 35. The second-order valence-corrected chi connectivity index (χ2v) is 23.3. The third-order valence-corrected chi connectivity index (χ3v) is 15.3. The van der Waals surface area contributed by atoms with Gasteiger partial charge in [-0.1, -0.05) is 48.5 Å². The van der Waals surface area contributed by atoms with E-state index in [0.717, 1.165) is 110 Å². The first-order chi connectivity index (χ1) is 60.6. The summed E-state index contributed by atoms with van der Waals surface area (Å²) in [6.07, 6.45) is 64.5. The molecule has 0 aliphatic rings. The third-order valence-electron chi connectivity index (χ3n) is 15.3. The van der Waals surface area contributed by atoms with Crippen molar-refractivity contribution in [3.05, 3.63) is 401 Å². The fourth-order valence-corrected chi connectivity index (χ4v) is 9.75. The predicted molar refractivity (Wildman–Crippen MR) is 459 cm³/mol. The average molecular weight is 1600 g/mol. The largest absolute Gasteiger partial charge is 0.264 e. The van der Waals surface area contributed by atoms with Crippen molar-refractivity contribution in [1.29, 1.82) is 0 Å². The van der Waals surface area contributed by atoms with Gasteiger partial charge in [0.15, 0.2) is 16.9 Å². The summed E-state index contributed by atoms with van der Waals surface area (Å²) < 4.78 is 0. The molecule has 0 saturated carbocycles. The van der Waals surface area contributed by atoms with E-state index in [4.69, 9.17) is 0 Å². The number of nitrogens with zero attached hydrogens (tertiary/aromatic N) is 35. The van der Waals surface area contributed by atoms with Crippen LogP contribution in [-0.4, -0.2) is 175 Å². The summed E-state index contributed by atoms with van der Waals surface area (Å²) in [5.74, 6) is 0. The topological polar surface area (TPSA) is 451 Å². The molecule has 35 heteroatoms. The van der Waals surface area contributed by atoms with E-state index in [9.17, 15) is 0 Å². The van der Waals surface area contributed by atoms with Gasteiger partial charge >= 0.3 is 0 Å². The first-order valence-electron chi connectivity index (χ1n) is 36.4. The zero-order valence-electron chi connectivity index (χ0n) is 64.2. The summed E-state index contributed by atoms with van der Waals surface area (Å²) in [6.45, 7) is 0. The van der Waals surface area contributed by atoms with Crippen LogP contribution < -0.4 is 0 Å². The lowest BCUT2D eigenvalue weighted by atomic mass is 10.2. The van der Waals surface area contributed by atoms with E-state index < -0.39 is 0 Å². The minimum Gasteiger partial charge on any atom is -0.264 e. The first-order valence-corrected chi connectivity index (χ1v) is 36.4. The van der Waals surface area contributed by atoms with Gasteiger partial charge in [-0.05, 0) is 109 Å². The number of para-hydroxylation sites is 3. The Hall–Kier alpha value is -18.3. The van der Waals surface area contributed by atoms with Crippen molar-refractivity contribution in [2.24, 2.45) is 0 Å². The van der Waals surface area contributed by atoms with E-state index >= 15 is 0 Å². The predicted octanol–water partition coefficient (Wildman–Crippen LogP) is 13.4. The van der Waals surface area contributed by atoms with Gasteiger partial charge < -0.3 is 0 Å². The molecule has 0 saturated heterocycles. The van der Waals surface area contributed by atoms with Gasteiger partial charge in [0.2, 0.25) is 0 Å². The molecule has 3 aromatic carbocycles. The maximum absolute atomic E-state index is 4.12. The molecule has 0 unspecified atom stereocenters. The normalized spacial score (nSPS) is 9.80. The monoisotopic (exact) mass is 1600 g/mol. The van der Waals surface area contributed by atoms with E-state index in [1.807, 2.05) is 158 Å². The van der Waals surface area contributed by atoms with E-state index in [1.54, 1.807) is 192 Å². The molecule has 122 heavy (non-hydrogen) atoms. The molecule has 588 valence electrons. The number of hydrogen-bond acceptors (Lipinski definition) is 35. The van der Waals surface area contributed by atoms with E-state index in [1.165, 1.54) is 50.6 Å². The minimum absolute atomic E-state index is 0.699. The summed E-state index contributed by atoms with van der Waals surface area (Å²) in [6, 6.07) is 49.8. The molecule has 24 rings (SSSR count). The molecule has 21 heterocycles. The Kier molecular flexibility index (Phi) is 33.2. The van der Waals surface area contributed by atoms with Gasteiger partial charge in [0, 0.05) is 182 Å². The van der Waals surface area contributed by atoms with Crippen LogP contribution in [0.15, 0.2) is 401 Å². The molecule has 0 atom stereocenters. The quantitative estimate of drug-likeness (QED) is 0.136. The Morgan fingerprint density at radius 3 is 0.926 bits per heavy atom. The minimum atomic E-state index is 0.699. The highest BCUT2D eigenvalue weighted by atomic mass is 15.1. The fourth-order valence-electron chi connectivity index (χ4n) is 9.75. The molecule has 35 nitrogen and oxygen atoms in total. The molecule has 0 aliphatic heterocycles. The van der Waals surface area contributed by atoms with Gasteiger partial charge in [0.05, 0.1) is 80.6 Å². The van der Waals surface area contributed by atoms with Crippen molar-refractivity contribution in [2.75, 3.05) is 0 Å². The van der Waals surface area contributed by atoms with Crippen LogP contribution in [0.3, 0.4) is 0 Å². The molecular weight excluding hydrogens is 1540 g/mol. The molecule has 0 fully saturated rings. The summed E-state index contributed by atoms with van der Waals surface area (Å²) in [7, 11) is 0. The highest BCUT2D eigenvalue weighted by Crippen LogP contribution is 2.12. The number of benzene rings is 3. The van der Waals surface area contributed by atoms with Crippen molar-refractivity contribution in [3.63, 3.8) is 0 Å². The summed E-state index contributed by atoms with van der Waals surface area (Å²) in [5.41, 5.74) is 14.7. The van der Waals surface area contributed by atoms with Crippen molar-refractivity contribution in [1.82, 2.24) is 175 Å². The van der Waals surface area contributed by atoms with E-state index in [-0.39, 0.29) is 0 Å². The highest BCUT2D eigenvalue weighted by molar-refractivity contribution is 5.80. The maximum Gasteiger partial charge on any atom is 0.178 e. The summed E-state index contributed by atoms with van der Waals surface area (Å²) in [4.78, 5) is 130. The lowest BCUT2D eigenvalue weighted by Gasteiger charge is -1.90. The smallest absolute Gasteiger partial charge is 0.178 e.